The molecule has 1 amide bonds. The Hall–Kier alpha value is -0.530. The maximum Gasteiger partial charge on any atom is 0.222 e. The molecular formula is C15H33IN4O. The molecule has 3 N–H and O–H groups in total. The molecule has 0 saturated heterocycles. The summed E-state index contributed by atoms with van der Waals surface area (Å²) >= 11 is 0. The van der Waals surface area contributed by atoms with Crippen LogP contribution in [-0.4, -0.2) is 38.0 Å². The molecule has 0 heterocycles. The van der Waals surface area contributed by atoms with Crippen molar-refractivity contribution in [3.8, 4) is 0 Å². The summed E-state index contributed by atoms with van der Waals surface area (Å²) in [5.41, 5.74) is 0. The number of guanidine groups is 1. The van der Waals surface area contributed by atoms with E-state index in [1.807, 2.05) is 13.8 Å². The van der Waals surface area contributed by atoms with Crippen molar-refractivity contribution in [2.45, 2.75) is 53.4 Å². The van der Waals surface area contributed by atoms with Crippen LogP contribution in [0.5, 0.6) is 0 Å². The van der Waals surface area contributed by atoms with E-state index >= 15 is 0 Å². The fraction of sp³-hybridized carbons (Fsp3) is 0.867. The second kappa shape index (κ2) is 15.9. The summed E-state index contributed by atoms with van der Waals surface area (Å²) in [7, 11) is 0. The number of hydrogen-bond acceptors (Lipinski definition) is 2. The van der Waals surface area contributed by atoms with Crippen molar-refractivity contribution in [2.75, 3.05) is 26.2 Å². The van der Waals surface area contributed by atoms with E-state index in [1.165, 1.54) is 19.3 Å². The van der Waals surface area contributed by atoms with Crippen LogP contribution in [0.25, 0.3) is 0 Å². The van der Waals surface area contributed by atoms with Gasteiger partial charge < -0.3 is 16.0 Å². The minimum atomic E-state index is 0. The van der Waals surface area contributed by atoms with Gasteiger partial charge in [-0.05, 0) is 13.3 Å². The minimum absolute atomic E-state index is 0. The van der Waals surface area contributed by atoms with Crippen LogP contribution in [0.1, 0.15) is 53.4 Å². The molecule has 0 aliphatic heterocycles. The van der Waals surface area contributed by atoms with Gasteiger partial charge in [-0.3, -0.25) is 9.79 Å². The number of hydrogen-bond donors (Lipinski definition) is 3. The first kappa shape index (κ1) is 22.7. The fourth-order valence-electron chi connectivity index (χ4n) is 1.64. The van der Waals surface area contributed by atoms with Gasteiger partial charge in [0.15, 0.2) is 5.96 Å². The number of halogens is 1. The van der Waals surface area contributed by atoms with Gasteiger partial charge in [-0.15, -0.1) is 24.0 Å². The number of nitrogens with one attached hydrogen (secondary N) is 3. The molecule has 0 aromatic heterocycles. The van der Waals surface area contributed by atoms with E-state index in [1.54, 1.807) is 0 Å². The maximum absolute atomic E-state index is 11.4. The van der Waals surface area contributed by atoms with Crippen molar-refractivity contribution in [3.63, 3.8) is 0 Å². The number of aliphatic imine (C=N–C) groups is 1. The average Bonchev–Trinajstić information content (AvgIpc) is 2.42. The molecule has 0 saturated carbocycles. The topological polar surface area (TPSA) is 65.5 Å². The van der Waals surface area contributed by atoms with Crippen molar-refractivity contribution in [1.29, 1.82) is 0 Å². The van der Waals surface area contributed by atoms with Crippen LogP contribution in [0.15, 0.2) is 4.99 Å². The molecule has 0 spiro atoms. The molecular weight excluding hydrogens is 379 g/mol. The Morgan fingerprint density at radius 3 is 2.24 bits per heavy atom. The lowest BCUT2D eigenvalue weighted by Crippen LogP contribution is -2.42. The molecule has 0 aromatic carbocycles. The Bertz CT molecular complexity index is 283. The predicted molar refractivity (Wildman–Crippen MR) is 101 cm³/mol. The summed E-state index contributed by atoms with van der Waals surface area (Å²) in [6.07, 6.45) is 4.90. The first-order valence-corrected chi connectivity index (χ1v) is 7.91. The SMILES string of the molecule is CCCCCCN=C(NCC)NCCNC(=O)C(C)C.I. The van der Waals surface area contributed by atoms with Gasteiger partial charge in [0.2, 0.25) is 5.91 Å². The van der Waals surface area contributed by atoms with E-state index in [2.05, 4.69) is 34.8 Å². The Morgan fingerprint density at radius 1 is 1.00 bits per heavy atom. The van der Waals surface area contributed by atoms with Gasteiger partial charge >= 0.3 is 0 Å². The van der Waals surface area contributed by atoms with Crippen molar-refractivity contribution in [2.24, 2.45) is 10.9 Å². The van der Waals surface area contributed by atoms with Gasteiger partial charge in [0, 0.05) is 32.1 Å². The number of rotatable bonds is 10. The molecule has 0 rings (SSSR count). The highest BCUT2D eigenvalue weighted by atomic mass is 127. The summed E-state index contributed by atoms with van der Waals surface area (Å²) in [5.74, 6) is 0.964. The molecule has 6 heteroatoms. The summed E-state index contributed by atoms with van der Waals surface area (Å²) < 4.78 is 0. The van der Waals surface area contributed by atoms with Gasteiger partial charge in [0.05, 0.1) is 0 Å². The average molecular weight is 412 g/mol. The van der Waals surface area contributed by atoms with E-state index in [0.29, 0.717) is 13.1 Å². The molecule has 5 nitrogen and oxygen atoms in total. The van der Waals surface area contributed by atoms with Crippen LogP contribution in [0.3, 0.4) is 0 Å². The molecule has 0 bridgehead atoms. The third-order valence-corrected chi connectivity index (χ3v) is 2.87. The smallest absolute Gasteiger partial charge is 0.222 e. The Labute approximate surface area is 147 Å². The largest absolute Gasteiger partial charge is 0.357 e. The monoisotopic (exact) mass is 412 g/mol. The van der Waals surface area contributed by atoms with Crippen LogP contribution in [0.4, 0.5) is 0 Å². The second-order valence-electron chi connectivity index (χ2n) is 5.19. The van der Waals surface area contributed by atoms with E-state index in [9.17, 15) is 4.79 Å². The predicted octanol–water partition coefficient (Wildman–Crippen LogP) is 2.51. The van der Waals surface area contributed by atoms with E-state index in [-0.39, 0.29) is 35.8 Å². The molecule has 0 aromatic rings. The molecule has 0 aliphatic rings. The maximum atomic E-state index is 11.4. The highest BCUT2D eigenvalue weighted by Gasteiger charge is 2.04. The summed E-state index contributed by atoms with van der Waals surface area (Å²) in [5, 5.41) is 9.32. The number of nitrogens with zero attached hydrogens (tertiary/aromatic N) is 1. The van der Waals surface area contributed by atoms with Crippen molar-refractivity contribution in [3.05, 3.63) is 0 Å². The quantitative estimate of drug-likeness (QED) is 0.224. The van der Waals surface area contributed by atoms with Gasteiger partial charge in [-0.2, -0.15) is 0 Å². The first-order chi connectivity index (χ1) is 9.61. The van der Waals surface area contributed by atoms with Crippen LogP contribution in [0.2, 0.25) is 0 Å². The highest BCUT2D eigenvalue weighted by Crippen LogP contribution is 1.98. The molecule has 21 heavy (non-hydrogen) atoms. The summed E-state index contributed by atoms with van der Waals surface area (Å²) in [4.78, 5) is 15.9. The third-order valence-electron chi connectivity index (χ3n) is 2.87. The molecule has 0 radical (unpaired) electrons. The lowest BCUT2D eigenvalue weighted by molar-refractivity contribution is -0.123. The minimum Gasteiger partial charge on any atom is -0.357 e. The Balaban J connectivity index is 0. The third kappa shape index (κ3) is 14.2. The van der Waals surface area contributed by atoms with E-state index in [4.69, 9.17) is 0 Å². The van der Waals surface area contributed by atoms with Crippen molar-refractivity contribution in [1.82, 2.24) is 16.0 Å². The van der Waals surface area contributed by atoms with Crippen LogP contribution in [-0.2, 0) is 4.79 Å². The number of carbonyl (C=O) groups is 1. The molecule has 0 atom stereocenters. The zero-order chi connectivity index (χ0) is 15.2. The molecule has 0 fully saturated rings. The van der Waals surface area contributed by atoms with E-state index in [0.717, 1.165) is 25.5 Å². The van der Waals surface area contributed by atoms with Gasteiger partial charge in [-0.25, -0.2) is 0 Å². The van der Waals surface area contributed by atoms with Crippen LogP contribution >= 0.6 is 24.0 Å². The Morgan fingerprint density at radius 2 is 1.67 bits per heavy atom. The number of carbonyl (C=O) groups excluding carboxylic acids is 1. The Kier molecular flexibility index (Phi) is 17.2. The van der Waals surface area contributed by atoms with Crippen molar-refractivity contribution < 1.29 is 4.79 Å². The summed E-state index contributed by atoms with van der Waals surface area (Å²) in [6, 6.07) is 0. The normalized spacial score (nSPS) is 11.0. The zero-order valence-electron chi connectivity index (χ0n) is 14.0. The first-order valence-electron chi connectivity index (χ1n) is 7.91. The zero-order valence-corrected chi connectivity index (χ0v) is 16.3. The number of unbranched alkanes of at least 4 members (excludes halogenated alkanes) is 3. The lowest BCUT2D eigenvalue weighted by Gasteiger charge is -2.12. The molecule has 126 valence electrons. The standard InChI is InChI=1S/C15H32N4O.HI/c1-5-7-8-9-10-18-15(16-6-2)19-12-11-17-14(20)13(3)4;/h13H,5-12H2,1-4H3,(H,17,20)(H2,16,18,19);1H. The van der Waals surface area contributed by atoms with Gasteiger partial charge in [0.25, 0.3) is 0 Å². The van der Waals surface area contributed by atoms with Gasteiger partial charge in [0.1, 0.15) is 0 Å². The van der Waals surface area contributed by atoms with Crippen molar-refractivity contribution >= 4 is 35.8 Å². The second-order valence-corrected chi connectivity index (χ2v) is 5.19. The molecule has 0 unspecified atom stereocenters. The molecule has 0 aliphatic carbocycles. The highest BCUT2D eigenvalue weighted by molar-refractivity contribution is 14.0. The van der Waals surface area contributed by atoms with Gasteiger partial charge in [-0.1, -0.05) is 40.0 Å². The summed E-state index contributed by atoms with van der Waals surface area (Å²) in [6.45, 7) is 11.1. The number of amides is 1. The van der Waals surface area contributed by atoms with E-state index < -0.39 is 0 Å². The lowest BCUT2D eigenvalue weighted by atomic mass is 10.2. The van der Waals surface area contributed by atoms with Crippen LogP contribution in [0, 0.1) is 5.92 Å². The van der Waals surface area contributed by atoms with Crippen LogP contribution < -0.4 is 16.0 Å². The fourth-order valence-corrected chi connectivity index (χ4v) is 1.64.